The summed E-state index contributed by atoms with van der Waals surface area (Å²) in [6.45, 7) is 2.33. The topological polar surface area (TPSA) is 96.3 Å². The quantitative estimate of drug-likeness (QED) is 0.0500. The van der Waals surface area contributed by atoms with E-state index in [9.17, 15) is 9.59 Å². The molecule has 0 unspecified atom stereocenters. The highest BCUT2D eigenvalue weighted by Crippen LogP contribution is 2.25. The molecule has 0 radical (unpaired) electrons. The summed E-state index contributed by atoms with van der Waals surface area (Å²) in [5, 5.41) is 17.3. The number of carbonyl (C=O) groups is 2. The van der Waals surface area contributed by atoms with Crippen LogP contribution < -0.4 is 9.47 Å². The van der Waals surface area contributed by atoms with Gasteiger partial charge < -0.3 is 24.6 Å². The van der Waals surface area contributed by atoms with E-state index in [4.69, 9.17) is 19.7 Å². The smallest absolute Gasteiger partial charge is 0.303 e. The zero-order valence-electron chi connectivity index (χ0n) is 38.1. The average molecular weight is 832 g/mol. The maximum Gasteiger partial charge on any atom is 0.303 e. The van der Waals surface area contributed by atoms with Gasteiger partial charge in [0.15, 0.2) is 0 Å². The van der Waals surface area contributed by atoms with Crippen molar-refractivity contribution in [2.75, 3.05) is 27.3 Å². The number of benzene rings is 1. The lowest BCUT2D eigenvalue weighted by Gasteiger charge is -2.15. The van der Waals surface area contributed by atoms with E-state index in [1.165, 1.54) is 69.8 Å². The molecule has 7 heteroatoms. The Kier molecular flexibility index (Phi) is 37.8. The summed E-state index contributed by atoms with van der Waals surface area (Å²) < 4.78 is 12.4. The van der Waals surface area contributed by atoms with Crippen LogP contribution in [0.4, 0.5) is 0 Å². The van der Waals surface area contributed by atoms with Crippen LogP contribution in [0, 0.1) is 0 Å². The molecule has 1 aromatic carbocycles. The van der Waals surface area contributed by atoms with Gasteiger partial charge in [0.1, 0.15) is 11.5 Å². The Labute approximate surface area is 366 Å². The molecular weight excluding hydrogens is 747 g/mol. The molecule has 0 aromatic heterocycles. The van der Waals surface area contributed by atoms with Gasteiger partial charge in [-0.15, -0.1) is 0 Å². The lowest BCUT2D eigenvalue weighted by Crippen LogP contribution is -2.11. The predicted octanol–water partition coefficient (Wildman–Crippen LogP) is 14.9. The number of unbranched alkanes of at least 4 members (excludes halogenated alkanes) is 18. The highest BCUT2D eigenvalue weighted by atomic mass is 16.5. The van der Waals surface area contributed by atoms with E-state index >= 15 is 0 Å². The summed E-state index contributed by atoms with van der Waals surface area (Å²) >= 11 is 0. The molecule has 0 amide bonds. The Bertz CT molecular complexity index is 1260. The molecule has 0 fully saturated rings. The van der Waals surface area contributed by atoms with Crippen molar-refractivity contribution in [1.82, 2.24) is 4.90 Å². The number of allylic oxidation sites excluding steroid dienone is 12. The molecule has 1 rings (SSSR count). The molecule has 0 saturated heterocycles. The highest BCUT2D eigenvalue weighted by molar-refractivity contribution is 5.66. The first kappa shape index (κ1) is 54.2. The van der Waals surface area contributed by atoms with Gasteiger partial charge in [-0.1, -0.05) is 137 Å². The van der Waals surface area contributed by atoms with Gasteiger partial charge in [-0.05, 0) is 135 Å². The number of hydrogen-bond acceptors (Lipinski definition) is 5. The Morgan fingerprint density at radius 3 is 1.07 bits per heavy atom. The minimum atomic E-state index is -0.684. The zero-order chi connectivity index (χ0) is 43.4. The van der Waals surface area contributed by atoms with Gasteiger partial charge in [-0.2, -0.15) is 0 Å². The van der Waals surface area contributed by atoms with Crippen LogP contribution in [0.2, 0.25) is 0 Å². The number of rotatable bonds is 42. The van der Waals surface area contributed by atoms with Crippen molar-refractivity contribution in [3.8, 4) is 11.5 Å². The second-order valence-electron chi connectivity index (χ2n) is 16.3. The number of ether oxygens (including phenoxy) is 2. The van der Waals surface area contributed by atoms with Gasteiger partial charge in [0.2, 0.25) is 0 Å². The second-order valence-corrected chi connectivity index (χ2v) is 16.3. The molecule has 0 aliphatic rings. The first-order chi connectivity index (χ1) is 29.4. The van der Waals surface area contributed by atoms with Crippen molar-refractivity contribution in [2.45, 2.75) is 186 Å². The van der Waals surface area contributed by atoms with Gasteiger partial charge >= 0.3 is 11.9 Å². The molecule has 0 heterocycles. The SMILES string of the molecule is CN(C)Cc1cc(OCCCCCCC=CCC=CCC=CCCCCCCCC(=O)O)cc(OCCCCCCC=CCC=CCC=CCCCCCCCC(=O)O)c1. The second kappa shape index (κ2) is 41.9. The Hall–Kier alpha value is -3.84. The fourth-order valence-corrected chi connectivity index (χ4v) is 6.76. The van der Waals surface area contributed by atoms with Gasteiger partial charge in [-0.25, -0.2) is 0 Å². The van der Waals surface area contributed by atoms with Crippen LogP contribution in [0.3, 0.4) is 0 Å². The minimum absolute atomic E-state index is 0.302. The van der Waals surface area contributed by atoms with Crippen LogP contribution in [0.1, 0.15) is 185 Å². The van der Waals surface area contributed by atoms with E-state index in [0.29, 0.717) is 12.8 Å². The molecule has 0 bridgehead atoms. The average Bonchev–Trinajstić information content (AvgIpc) is 3.21. The molecule has 0 aliphatic carbocycles. The van der Waals surface area contributed by atoms with Crippen molar-refractivity contribution in [3.05, 3.63) is 96.7 Å². The summed E-state index contributed by atoms with van der Waals surface area (Å²) in [7, 11) is 4.18. The van der Waals surface area contributed by atoms with Gasteiger partial charge in [-0.3, -0.25) is 9.59 Å². The third-order valence-electron chi connectivity index (χ3n) is 10.1. The van der Waals surface area contributed by atoms with Crippen LogP contribution in [0.25, 0.3) is 0 Å². The summed E-state index contributed by atoms with van der Waals surface area (Å²) in [6.07, 6.45) is 56.3. The van der Waals surface area contributed by atoms with E-state index in [-0.39, 0.29) is 0 Å². The molecule has 338 valence electrons. The normalized spacial score (nSPS) is 12.2. The molecule has 60 heavy (non-hydrogen) atoms. The van der Waals surface area contributed by atoms with Crippen LogP contribution in [-0.2, 0) is 16.1 Å². The highest BCUT2D eigenvalue weighted by Gasteiger charge is 2.06. The maximum absolute atomic E-state index is 10.5. The largest absolute Gasteiger partial charge is 0.493 e. The van der Waals surface area contributed by atoms with E-state index < -0.39 is 11.9 Å². The third-order valence-corrected chi connectivity index (χ3v) is 10.1. The molecule has 0 spiro atoms. The Balaban J connectivity index is 2.08. The van der Waals surface area contributed by atoms with Crippen molar-refractivity contribution >= 4 is 11.9 Å². The lowest BCUT2D eigenvalue weighted by molar-refractivity contribution is -0.138. The summed E-state index contributed by atoms with van der Waals surface area (Å²) in [5.74, 6) is 0.448. The van der Waals surface area contributed by atoms with Crippen LogP contribution in [0.5, 0.6) is 11.5 Å². The number of carboxylic acids is 2. The molecule has 0 atom stereocenters. The lowest BCUT2D eigenvalue weighted by atomic mass is 10.1. The standard InChI is InChI=1S/C53H85NO6/c1-54(2)48-49-45-50(59-43-39-35-31-27-23-19-15-11-7-3-5-9-13-17-21-25-29-33-37-41-52(55)56)47-51(46-49)60-44-40-36-32-28-24-20-16-12-8-4-6-10-14-18-22-26-30-34-38-42-53(57)58/h3-4,7-10,13-16,19-20,45-47H,5-6,11-12,17-18,21-44,48H2,1-2H3,(H,55,56)(H,57,58). The van der Waals surface area contributed by atoms with Gasteiger partial charge in [0.25, 0.3) is 0 Å². The van der Waals surface area contributed by atoms with Gasteiger partial charge in [0, 0.05) is 25.5 Å². The molecule has 7 nitrogen and oxygen atoms in total. The number of carboxylic acid groups (broad SMARTS) is 2. The monoisotopic (exact) mass is 832 g/mol. The molecule has 0 aliphatic heterocycles. The maximum atomic E-state index is 10.5. The summed E-state index contributed by atoms with van der Waals surface area (Å²) in [5.41, 5.74) is 1.22. The third kappa shape index (κ3) is 39.6. The molecular formula is C53H85NO6. The molecule has 1 aromatic rings. The minimum Gasteiger partial charge on any atom is -0.493 e. The number of hydrogen-bond donors (Lipinski definition) is 2. The van der Waals surface area contributed by atoms with E-state index in [1.807, 2.05) is 0 Å². The van der Waals surface area contributed by atoms with Crippen molar-refractivity contribution < 1.29 is 29.3 Å². The fraction of sp³-hybridized carbons (Fsp3) is 0.623. The summed E-state index contributed by atoms with van der Waals surface area (Å²) in [6, 6.07) is 6.36. The zero-order valence-corrected chi connectivity index (χ0v) is 38.1. The summed E-state index contributed by atoms with van der Waals surface area (Å²) in [4.78, 5) is 23.2. The van der Waals surface area contributed by atoms with Crippen molar-refractivity contribution in [1.29, 1.82) is 0 Å². The van der Waals surface area contributed by atoms with Gasteiger partial charge in [0.05, 0.1) is 13.2 Å². The molecule has 0 saturated carbocycles. The van der Waals surface area contributed by atoms with Crippen LogP contribution in [-0.4, -0.2) is 54.4 Å². The van der Waals surface area contributed by atoms with E-state index in [2.05, 4.69) is 110 Å². The molecule has 2 N–H and O–H groups in total. The van der Waals surface area contributed by atoms with E-state index in [1.54, 1.807) is 0 Å². The first-order valence-electron chi connectivity index (χ1n) is 23.7. The Morgan fingerprint density at radius 1 is 0.433 bits per heavy atom. The fourth-order valence-electron chi connectivity index (χ4n) is 6.76. The van der Waals surface area contributed by atoms with Crippen molar-refractivity contribution in [3.63, 3.8) is 0 Å². The number of aliphatic carboxylic acids is 2. The first-order valence-corrected chi connectivity index (χ1v) is 23.7. The van der Waals surface area contributed by atoms with Crippen LogP contribution in [0.15, 0.2) is 91.1 Å². The number of nitrogens with zero attached hydrogens (tertiary/aromatic N) is 1. The van der Waals surface area contributed by atoms with E-state index in [0.717, 1.165) is 134 Å². The van der Waals surface area contributed by atoms with Crippen molar-refractivity contribution in [2.24, 2.45) is 0 Å². The Morgan fingerprint density at radius 2 is 0.733 bits per heavy atom. The van der Waals surface area contributed by atoms with Crippen LogP contribution >= 0.6 is 0 Å². The predicted molar refractivity (Wildman–Crippen MR) is 254 cm³/mol.